The molecule has 3 aromatic heterocycles. The maximum Gasteiger partial charge on any atom is 0.229 e. The molecule has 5 aromatic rings. The molecule has 0 radical (unpaired) electrons. The zero-order valence-electron chi connectivity index (χ0n) is 23.4. The molecule has 41 heavy (non-hydrogen) atoms. The fraction of sp³-hybridized carbons (Fsp3) is 0.222. The van der Waals surface area contributed by atoms with Gasteiger partial charge in [0.25, 0.3) is 0 Å². The number of rotatable bonds is 9. The standard InChI is InChI=1S/C27H29BrN9O2PS/c1-36(2)41(38)23-12-22(39-4)21(11-17(23)16-13-32-37(3)15-16)34-27-31-14-18(28)26(35-27)33-20-8-7-19-24(25(20)40(5)6)30-10-9-29-19/h7-15H,1-6H3,(H2,31,33,34,35). The lowest BCUT2D eigenvalue weighted by atomic mass is 10.1. The molecular weight excluding hydrogens is 625 g/mol. The van der Waals surface area contributed by atoms with Crippen molar-refractivity contribution in [3.8, 4) is 16.9 Å². The van der Waals surface area contributed by atoms with E-state index in [9.17, 15) is 4.55 Å². The van der Waals surface area contributed by atoms with Gasteiger partial charge in [0, 0.05) is 74.1 Å². The van der Waals surface area contributed by atoms with Gasteiger partial charge in [-0.1, -0.05) is 7.92 Å². The molecule has 0 amide bonds. The molecule has 0 aliphatic heterocycles. The predicted octanol–water partition coefficient (Wildman–Crippen LogP) is 5.03. The van der Waals surface area contributed by atoms with Crippen molar-refractivity contribution in [2.75, 3.05) is 45.2 Å². The van der Waals surface area contributed by atoms with Crippen LogP contribution >= 0.6 is 23.9 Å². The Morgan fingerprint density at radius 1 is 1.05 bits per heavy atom. The fourth-order valence-corrected chi connectivity index (χ4v) is 6.76. The number of aryl methyl sites for hydroxylation is 1. The highest BCUT2D eigenvalue weighted by Gasteiger charge is 2.25. The Hall–Kier alpha value is -3.35. The number of methoxy groups -OCH3 is 1. The summed E-state index contributed by atoms with van der Waals surface area (Å²) in [6, 6.07) is 7.60. The molecule has 0 aliphatic rings. The number of nitrogens with one attached hydrogen (secondary N) is 2. The third-order valence-electron chi connectivity index (χ3n) is 6.14. The molecule has 2 aromatic carbocycles. The van der Waals surface area contributed by atoms with E-state index in [2.05, 4.69) is 59.9 Å². The minimum Gasteiger partial charge on any atom is -0.593 e. The number of anilines is 4. The van der Waals surface area contributed by atoms with Crippen molar-refractivity contribution >= 4 is 74.7 Å². The van der Waals surface area contributed by atoms with Gasteiger partial charge in [0.2, 0.25) is 5.95 Å². The lowest BCUT2D eigenvalue weighted by Crippen LogP contribution is -2.23. The summed E-state index contributed by atoms with van der Waals surface area (Å²) in [6.07, 6.45) is 8.71. The maximum absolute atomic E-state index is 13.2. The second-order valence-electron chi connectivity index (χ2n) is 9.43. The van der Waals surface area contributed by atoms with Crippen LogP contribution in [0.3, 0.4) is 0 Å². The highest BCUT2D eigenvalue weighted by atomic mass is 79.9. The van der Waals surface area contributed by atoms with E-state index < -0.39 is 19.3 Å². The summed E-state index contributed by atoms with van der Waals surface area (Å²) < 4.78 is 22.9. The van der Waals surface area contributed by atoms with E-state index >= 15 is 0 Å². The Labute approximate surface area is 251 Å². The molecule has 3 heterocycles. The Balaban J connectivity index is 1.54. The topological polar surface area (TPSA) is 129 Å². The average molecular weight is 655 g/mol. The van der Waals surface area contributed by atoms with E-state index in [0.717, 1.165) is 33.2 Å². The first kappa shape index (κ1) is 29.2. The zero-order valence-corrected chi connectivity index (χ0v) is 26.7. The molecule has 11 nitrogen and oxygen atoms in total. The van der Waals surface area contributed by atoms with Crippen LogP contribution in [-0.2, 0) is 18.4 Å². The van der Waals surface area contributed by atoms with Gasteiger partial charge in [-0.25, -0.2) is 4.98 Å². The molecule has 0 aliphatic carbocycles. The normalized spacial score (nSPS) is 12.2. The third kappa shape index (κ3) is 6.14. The minimum absolute atomic E-state index is 0.352. The summed E-state index contributed by atoms with van der Waals surface area (Å²) in [5.41, 5.74) is 4.83. The van der Waals surface area contributed by atoms with Crippen LogP contribution in [0.2, 0.25) is 0 Å². The molecule has 0 fully saturated rings. The number of fused-ring (bicyclic) bond motifs is 1. The van der Waals surface area contributed by atoms with Gasteiger partial charge in [-0.3, -0.25) is 14.6 Å². The van der Waals surface area contributed by atoms with E-state index in [1.165, 1.54) is 0 Å². The number of hydrogen-bond donors (Lipinski definition) is 2. The molecule has 14 heteroatoms. The smallest absolute Gasteiger partial charge is 0.229 e. The number of aromatic nitrogens is 6. The van der Waals surface area contributed by atoms with Crippen LogP contribution in [0.1, 0.15) is 0 Å². The number of halogens is 1. The second kappa shape index (κ2) is 12.3. The van der Waals surface area contributed by atoms with Crippen molar-refractivity contribution < 1.29 is 9.29 Å². The molecule has 2 N–H and O–H groups in total. The summed E-state index contributed by atoms with van der Waals surface area (Å²) in [6.45, 7) is 4.37. The molecule has 1 unspecified atom stereocenters. The second-order valence-corrected chi connectivity index (χ2v) is 14.2. The lowest BCUT2D eigenvalue weighted by molar-refractivity contribution is 0.415. The monoisotopic (exact) mass is 653 g/mol. The molecule has 5 rings (SSSR count). The maximum atomic E-state index is 13.2. The van der Waals surface area contributed by atoms with E-state index in [-0.39, 0.29) is 0 Å². The first-order chi connectivity index (χ1) is 19.7. The van der Waals surface area contributed by atoms with Gasteiger partial charge in [0.05, 0.1) is 45.9 Å². The fourth-order valence-electron chi connectivity index (χ4n) is 4.29. The van der Waals surface area contributed by atoms with Gasteiger partial charge in [0.15, 0.2) is 4.90 Å². The molecule has 0 bridgehead atoms. The Morgan fingerprint density at radius 3 is 2.51 bits per heavy atom. The number of benzene rings is 2. The lowest BCUT2D eigenvalue weighted by Gasteiger charge is -2.20. The van der Waals surface area contributed by atoms with Crippen molar-refractivity contribution in [2.24, 2.45) is 7.05 Å². The van der Waals surface area contributed by atoms with E-state index in [0.29, 0.717) is 32.6 Å². The average Bonchev–Trinajstić information content (AvgIpc) is 3.39. The minimum atomic E-state index is -1.42. The molecule has 0 saturated carbocycles. The van der Waals surface area contributed by atoms with Gasteiger partial charge in [-0.15, -0.1) is 4.31 Å². The van der Waals surface area contributed by atoms with Crippen LogP contribution in [0.5, 0.6) is 5.75 Å². The first-order valence-corrected chi connectivity index (χ1v) is 16.6. The number of nitrogens with zero attached hydrogens (tertiary/aromatic N) is 7. The number of hydrogen-bond acceptors (Lipinski definition) is 10. The summed E-state index contributed by atoms with van der Waals surface area (Å²) in [5, 5.41) is 12.2. The first-order valence-electron chi connectivity index (χ1n) is 12.4. The molecule has 0 spiro atoms. The van der Waals surface area contributed by atoms with E-state index in [1.54, 1.807) is 61.0 Å². The van der Waals surface area contributed by atoms with Gasteiger partial charge >= 0.3 is 0 Å². The van der Waals surface area contributed by atoms with Gasteiger partial charge in [0.1, 0.15) is 11.6 Å². The van der Waals surface area contributed by atoms with Crippen LogP contribution in [0.25, 0.3) is 22.2 Å². The van der Waals surface area contributed by atoms with Gasteiger partial charge < -0.3 is 19.9 Å². The van der Waals surface area contributed by atoms with Crippen molar-refractivity contribution in [3.63, 3.8) is 0 Å². The number of ether oxygens (including phenoxy) is 1. The quantitative estimate of drug-likeness (QED) is 0.165. The summed E-state index contributed by atoms with van der Waals surface area (Å²) in [5.74, 6) is 1.44. The summed E-state index contributed by atoms with van der Waals surface area (Å²) in [7, 11) is 6.43. The third-order valence-corrected chi connectivity index (χ3v) is 9.45. The van der Waals surface area contributed by atoms with E-state index in [4.69, 9.17) is 9.72 Å². The summed E-state index contributed by atoms with van der Waals surface area (Å²) >= 11 is 2.17. The molecule has 212 valence electrons. The predicted molar refractivity (Wildman–Crippen MR) is 170 cm³/mol. The summed E-state index contributed by atoms with van der Waals surface area (Å²) in [4.78, 5) is 18.9. The molecular formula is C27H29BrN9O2PS. The van der Waals surface area contributed by atoms with E-state index in [1.807, 2.05) is 31.4 Å². The Morgan fingerprint density at radius 2 is 1.83 bits per heavy atom. The van der Waals surface area contributed by atoms with Gasteiger partial charge in [-0.2, -0.15) is 10.1 Å². The Kier molecular flexibility index (Phi) is 8.71. The Bertz CT molecular complexity index is 1720. The largest absolute Gasteiger partial charge is 0.593 e. The molecule has 1 atom stereocenters. The molecule has 0 saturated heterocycles. The van der Waals surface area contributed by atoms with Gasteiger partial charge in [-0.05, 0) is 47.5 Å². The SMILES string of the molecule is COc1cc([S+]([O-])N(C)C)c(-c2cnn(C)c2)cc1Nc1ncc(Br)c(Nc2ccc3nccnc3c2P(C)C)n1. The van der Waals surface area contributed by atoms with Crippen LogP contribution < -0.4 is 20.7 Å². The zero-order chi connectivity index (χ0) is 29.3. The van der Waals surface area contributed by atoms with Crippen LogP contribution in [-0.4, -0.2) is 73.1 Å². The van der Waals surface area contributed by atoms with Crippen molar-refractivity contribution in [2.45, 2.75) is 4.90 Å². The van der Waals surface area contributed by atoms with Crippen molar-refractivity contribution in [1.82, 2.24) is 34.0 Å². The highest BCUT2D eigenvalue weighted by Crippen LogP contribution is 2.39. The highest BCUT2D eigenvalue weighted by molar-refractivity contribution is 9.10. The van der Waals surface area contributed by atoms with Crippen LogP contribution in [0, 0.1) is 0 Å². The van der Waals surface area contributed by atoms with Crippen LogP contribution in [0.4, 0.5) is 23.1 Å². The van der Waals surface area contributed by atoms with Crippen molar-refractivity contribution in [1.29, 1.82) is 0 Å². The van der Waals surface area contributed by atoms with Crippen LogP contribution in [0.15, 0.2) is 64.6 Å². The van der Waals surface area contributed by atoms with Crippen molar-refractivity contribution in [3.05, 3.63) is 59.7 Å².